The highest BCUT2D eigenvalue weighted by molar-refractivity contribution is 6.11. The van der Waals surface area contributed by atoms with E-state index in [0.29, 0.717) is 35.2 Å². The van der Waals surface area contributed by atoms with Gasteiger partial charge in [-0.2, -0.15) is 5.26 Å². The van der Waals surface area contributed by atoms with E-state index in [2.05, 4.69) is 6.07 Å². The molecule has 0 spiro atoms. The number of nitrogens with zero attached hydrogens (tertiary/aromatic N) is 3. The maximum Gasteiger partial charge on any atom is 0.307 e. The molecule has 0 saturated carbocycles. The number of hydrogen-bond donors (Lipinski definition) is 0. The van der Waals surface area contributed by atoms with Crippen molar-refractivity contribution in [2.24, 2.45) is 0 Å². The summed E-state index contributed by atoms with van der Waals surface area (Å²) in [4.78, 5) is 43.4. The van der Waals surface area contributed by atoms with E-state index in [1.807, 2.05) is 66.7 Å². The van der Waals surface area contributed by atoms with Crippen LogP contribution < -0.4 is 4.90 Å². The summed E-state index contributed by atoms with van der Waals surface area (Å²) in [6, 6.07) is 22.9. The zero-order valence-electron chi connectivity index (χ0n) is 21.9. The molecule has 0 saturated heterocycles. The molecule has 0 aliphatic carbocycles. The average Bonchev–Trinajstić information content (AvgIpc) is 3.01. The summed E-state index contributed by atoms with van der Waals surface area (Å²) in [7, 11) is 1.68. The van der Waals surface area contributed by atoms with Crippen molar-refractivity contribution in [2.75, 3.05) is 18.6 Å². The molecule has 1 aliphatic heterocycles. The van der Waals surface area contributed by atoms with Gasteiger partial charge in [-0.25, -0.2) is 0 Å². The Morgan fingerprint density at radius 1 is 1.00 bits per heavy atom. The molecule has 7 heteroatoms. The Kier molecular flexibility index (Phi) is 8.22. The molecule has 7 nitrogen and oxygen atoms in total. The lowest BCUT2D eigenvalue weighted by Gasteiger charge is -2.34. The lowest BCUT2D eigenvalue weighted by Crippen LogP contribution is -2.46. The molecule has 0 aromatic heterocycles. The number of benzene rings is 3. The highest BCUT2D eigenvalue weighted by Gasteiger charge is 2.42. The molecule has 3 aromatic rings. The first-order valence-electron chi connectivity index (χ1n) is 12.8. The zero-order chi connectivity index (χ0) is 27.2. The van der Waals surface area contributed by atoms with Crippen molar-refractivity contribution in [2.45, 2.75) is 45.2 Å². The van der Waals surface area contributed by atoms with E-state index in [-0.39, 0.29) is 24.8 Å². The number of carbonyl (C=O) groups excluding carboxylic acids is 3. The normalized spacial score (nSPS) is 15.9. The van der Waals surface area contributed by atoms with Crippen LogP contribution in [0.3, 0.4) is 0 Å². The predicted molar refractivity (Wildman–Crippen MR) is 144 cm³/mol. The highest BCUT2D eigenvalue weighted by Crippen LogP contribution is 2.36. The fraction of sp³-hybridized carbons (Fsp3) is 0.290. The van der Waals surface area contributed by atoms with E-state index < -0.39 is 18.1 Å². The van der Waals surface area contributed by atoms with Crippen LogP contribution in [0.4, 0.5) is 5.69 Å². The van der Waals surface area contributed by atoms with Crippen molar-refractivity contribution in [3.05, 3.63) is 101 Å². The van der Waals surface area contributed by atoms with Crippen LogP contribution in [-0.2, 0) is 27.2 Å². The third-order valence-corrected chi connectivity index (χ3v) is 6.85. The second kappa shape index (κ2) is 11.7. The molecule has 38 heavy (non-hydrogen) atoms. The van der Waals surface area contributed by atoms with Crippen LogP contribution in [0.25, 0.3) is 0 Å². The number of likely N-dealkylation sites (N-methyl/N-ethyl adjacent to an activating group) is 1. The predicted octanol–water partition coefficient (Wildman–Crippen LogP) is 4.85. The summed E-state index contributed by atoms with van der Waals surface area (Å²) in [6.45, 7) is 3.75. The van der Waals surface area contributed by atoms with E-state index in [0.717, 1.165) is 11.1 Å². The minimum Gasteiger partial charge on any atom is -0.466 e. The molecular weight excluding hydrogens is 478 g/mol. The van der Waals surface area contributed by atoms with Gasteiger partial charge in [-0.3, -0.25) is 14.4 Å². The van der Waals surface area contributed by atoms with Gasteiger partial charge in [0.15, 0.2) is 0 Å². The first-order chi connectivity index (χ1) is 18.3. The molecular formula is C31H31N3O4. The third-order valence-electron chi connectivity index (χ3n) is 6.85. The van der Waals surface area contributed by atoms with Gasteiger partial charge in [0.2, 0.25) is 0 Å². The second-order valence-electron chi connectivity index (χ2n) is 9.44. The molecule has 194 valence electrons. The topological polar surface area (TPSA) is 90.7 Å². The number of rotatable bonds is 8. The smallest absolute Gasteiger partial charge is 0.307 e. The molecule has 0 bridgehead atoms. The van der Waals surface area contributed by atoms with Crippen molar-refractivity contribution in [1.29, 1.82) is 5.26 Å². The number of fused-ring (bicyclic) bond motifs is 1. The Labute approximate surface area is 223 Å². The lowest BCUT2D eigenvalue weighted by molar-refractivity contribution is -0.144. The van der Waals surface area contributed by atoms with Gasteiger partial charge in [-0.15, -0.1) is 0 Å². The van der Waals surface area contributed by atoms with Crippen molar-refractivity contribution in [3.63, 3.8) is 0 Å². The van der Waals surface area contributed by atoms with E-state index >= 15 is 0 Å². The Balaban J connectivity index is 1.72. The van der Waals surface area contributed by atoms with Crippen LogP contribution in [-0.4, -0.2) is 42.4 Å². The molecule has 2 unspecified atom stereocenters. The standard InChI is InChI=1S/C31H31N3O4/c1-4-38-28(35)17-21(2)34-29(25-11-6-5-7-12-25)31(37)33(3)27-16-15-23(19-26(27)30(34)36)14-13-22-9-8-10-24(18-22)20-32/h5-12,15-16,18-19,21,29H,4,13-14,17H2,1-3H3. The van der Waals surface area contributed by atoms with Crippen LogP contribution in [0.15, 0.2) is 72.8 Å². The number of carbonyl (C=O) groups is 3. The van der Waals surface area contributed by atoms with Gasteiger partial charge in [0.1, 0.15) is 6.04 Å². The number of esters is 1. The fourth-order valence-corrected chi connectivity index (χ4v) is 4.92. The maximum atomic E-state index is 14.2. The summed E-state index contributed by atoms with van der Waals surface area (Å²) >= 11 is 0. The van der Waals surface area contributed by atoms with Gasteiger partial charge < -0.3 is 14.5 Å². The first-order valence-corrected chi connectivity index (χ1v) is 12.8. The van der Waals surface area contributed by atoms with Crippen molar-refractivity contribution >= 4 is 23.5 Å². The monoisotopic (exact) mass is 509 g/mol. The molecule has 0 fully saturated rings. The minimum atomic E-state index is -0.886. The zero-order valence-corrected chi connectivity index (χ0v) is 21.9. The van der Waals surface area contributed by atoms with Gasteiger partial charge in [0.05, 0.1) is 35.9 Å². The van der Waals surface area contributed by atoms with Crippen LogP contribution in [0.1, 0.15) is 58.9 Å². The maximum absolute atomic E-state index is 14.2. The minimum absolute atomic E-state index is 0.0236. The molecule has 1 aliphatic rings. The van der Waals surface area contributed by atoms with Gasteiger partial charge in [-0.1, -0.05) is 48.5 Å². The van der Waals surface area contributed by atoms with E-state index in [1.165, 1.54) is 9.80 Å². The number of aryl methyl sites for hydroxylation is 2. The highest BCUT2D eigenvalue weighted by atomic mass is 16.5. The van der Waals surface area contributed by atoms with Gasteiger partial charge in [-0.05, 0) is 67.6 Å². The SMILES string of the molecule is CCOC(=O)CC(C)N1C(=O)c2cc(CCc3cccc(C#N)c3)ccc2N(C)C(=O)C1c1ccccc1. The Morgan fingerprint density at radius 2 is 1.71 bits per heavy atom. The van der Waals surface area contributed by atoms with Crippen LogP contribution in [0, 0.1) is 11.3 Å². The number of anilines is 1. The average molecular weight is 510 g/mol. The molecule has 3 aromatic carbocycles. The Morgan fingerprint density at radius 3 is 2.39 bits per heavy atom. The summed E-state index contributed by atoms with van der Waals surface area (Å²) in [5, 5.41) is 9.19. The quantitative estimate of drug-likeness (QED) is 0.405. The van der Waals surface area contributed by atoms with Gasteiger partial charge >= 0.3 is 5.97 Å². The first kappa shape index (κ1) is 26.6. The molecule has 2 amide bonds. The summed E-state index contributed by atoms with van der Waals surface area (Å²) in [6.07, 6.45) is 1.34. The third kappa shape index (κ3) is 5.60. The van der Waals surface area contributed by atoms with Crippen molar-refractivity contribution in [1.82, 2.24) is 4.90 Å². The number of amides is 2. The number of hydrogen-bond acceptors (Lipinski definition) is 5. The second-order valence-corrected chi connectivity index (χ2v) is 9.44. The Bertz CT molecular complexity index is 1380. The van der Waals surface area contributed by atoms with E-state index in [9.17, 15) is 19.6 Å². The van der Waals surface area contributed by atoms with Crippen molar-refractivity contribution < 1.29 is 19.1 Å². The molecule has 0 radical (unpaired) electrons. The summed E-state index contributed by atoms with van der Waals surface area (Å²) in [5.74, 6) is -0.977. The van der Waals surface area contributed by atoms with Crippen molar-refractivity contribution in [3.8, 4) is 6.07 Å². The van der Waals surface area contributed by atoms with Crippen LogP contribution in [0.2, 0.25) is 0 Å². The molecule has 0 N–H and O–H groups in total. The molecule has 4 rings (SSSR count). The molecule has 1 heterocycles. The Hall–Kier alpha value is -4.44. The van der Waals surface area contributed by atoms with Crippen LogP contribution in [0.5, 0.6) is 0 Å². The van der Waals surface area contributed by atoms with E-state index in [1.54, 1.807) is 27.0 Å². The largest absolute Gasteiger partial charge is 0.466 e. The van der Waals surface area contributed by atoms with Gasteiger partial charge in [0.25, 0.3) is 11.8 Å². The van der Waals surface area contributed by atoms with Crippen LogP contribution >= 0.6 is 0 Å². The van der Waals surface area contributed by atoms with E-state index in [4.69, 9.17) is 4.74 Å². The molecule has 2 atom stereocenters. The fourth-order valence-electron chi connectivity index (χ4n) is 4.92. The summed E-state index contributed by atoms with van der Waals surface area (Å²) < 4.78 is 5.15. The number of ether oxygens (including phenoxy) is 1. The summed E-state index contributed by atoms with van der Waals surface area (Å²) in [5.41, 5.74) is 4.21. The number of nitriles is 1. The van der Waals surface area contributed by atoms with Gasteiger partial charge in [0, 0.05) is 13.1 Å². The lowest BCUT2D eigenvalue weighted by atomic mass is 9.99.